The van der Waals surface area contributed by atoms with E-state index in [-0.39, 0.29) is 41.2 Å². The monoisotopic (exact) mass is 718 g/mol. The molecule has 13 heteroatoms. The maximum absolute atomic E-state index is 15.1. The van der Waals surface area contributed by atoms with E-state index in [1.807, 2.05) is 35.4 Å². The summed E-state index contributed by atoms with van der Waals surface area (Å²) in [5.41, 5.74) is 1.70. The zero-order valence-electron chi connectivity index (χ0n) is 30.0. The summed E-state index contributed by atoms with van der Waals surface area (Å²) in [6.07, 6.45) is 8.14. The van der Waals surface area contributed by atoms with Crippen LogP contribution in [-0.4, -0.2) is 78.6 Å². The van der Waals surface area contributed by atoms with Gasteiger partial charge in [-0.05, 0) is 75.3 Å². The molecule has 53 heavy (non-hydrogen) atoms. The molecule has 1 unspecified atom stereocenters. The average molecular weight is 719 g/mol. The van der Waals surface area contributed by atoms with Gasteiger partial charge in [0, 0.05) is 67.7 Å². The largest absolute Gasteiger partial charge is 0.351 e. The maximum atomic E-state index is 15.1. The number of anilines is 1. The summed E-state index contributed by atoms with van der Waals surface area (Å²) < 4.78 is 17.0. The lowest BCUT2D eigenvalue weighted by Crippen LogP contribution is -2.49. The first-order chi connectivity index (χ1) is 25.6. The van der Waals surface area contributed by atoms with Gasteiger partial charge in [0.15, 0.2) is 0 Å². The normalized spacial score (nSPS) is 19.8. The van der Waals surface area contributed by atoms with Gasteiger partial charge in [-0.15, -0.1) is 0 Å². The Labute approximate surface area is 305 Å². The molecule has 0 bridgehead atoms. The predicted molar refractivity (Wildman–Crippen MR) is 199 cm³/mol. The lowest BCUT2D eigenvalue weighted by atomic mass is 9.87. The molecule has 1 atom stereocenters. The number of nitrogens with zero attached hydrogens (tertiary/aromatic N) is 6. The molecule has 274 valence electrons. The number of aryl methyl sites for hydroxylation is 1. The molecule has 1 saturated carbocycles. The minimum Gasteiger partial charge on any atom is -0.351 e. The van der Waals surface area contributed by atoms with E-state index in [9.17, 15) is 19.2 Å². The molecule has 2 amide bonds. The fourth-order valence-corrected chi connectivity index (χ4v) is 8.47. The van der Waals surface area contributed by atoms with Crippen LogP contribution in [0.25, 0.3) is 21.8 Å². The first-order valence-electron chi connectivity index (χ1n) is 18.6. The van der Waals surface area contributed by atoms with E-state index < -0.39 is 17.1 Å². The van der Waals surface area contributed by atoms with Crippen molar-refractivity contribution in [2.24, 2.45) is 5.41 Å². The van der Waals surface area contributed by atoms with Gasteiger partial charge in [0.25, 0.3) is 17.0 Å². The number of fused-ring (bicyclic) bond motifs is 2. The average Bonchev–Trinajstić information content (AvgIpc) is 3.84. The molecule has 2 N–H and O–H groups in total. The third-order valence-electron chi connectivity index (χ3n) is 11.5. The quantitative estimate of drug-likeness (QED) is 0.236. The zero-order valence-corrected chi connectivity index (χ0v) is 30.0. The van der Waals surface area contributed by atoms with Gasteiger partial charge in [0.1, 0.15) is 11.5 Å². The number of likely N-dealkylation sites (tertiary alicyclic amines) is 2. The van der Waals surface area contributed by atoms with Crippen molar-refractivity contribution < 1.29 is 14.0 Å². The molecule has 12 nitrogen and oxygen atoms in total. The summed E-state index contributed by atoms with van der Waals surface area (Å²) in [5, 5.41) is 12.3. The van der Waals surface area contributed by atoms with Gasteiger partial charge in [-0.1, -0.05) is 37.1 Å². The molecule has 2 saturated heterocycles. The van der Waals surface area contributed by atoms with E-state index >= 15 is 4.39 Å². The van der Waals surface area contributed by atoms with Crippen LogP contribution < -0.4 is 16.4 Å². The second kappa shape index (κ2) is 13.8. The SMILES string of the molecule is Cc1cc(=O)n(C2CCCC2)c2nc(NC3CCN(C(=O)C4(C)CCN(C(=O)c5cc(Cc6n[nH]c(=O)c7ccccc67)ccc5F)C4)CC3)ncc12. The van der Waals surface area contributed by atoms with Crippen molar-refractivity contribution in [2.75, 3.05) is 31.5 Å². The summed E-state index contributed by atoms with van der Waals surface area (Å²) in [6, 6.07) is 13.5. The number of pyridine rings is 1. The molecule has 2 aromatic carbocycles. The van der Waals surface area contributed by atoms with E-state index in [0.29, 0.717) is 78.9 Å². The Bertz CT molecular complexity index is 2360. The molecule has 8 rings (SSSR count). The van der Waals surface area contributed by atoms with E-state index in [0.717, 1.165) is 36.6 Å². The van der Waals surface area contributed by atoms with Crippen LogP contribution >= 0.6 is 0 Å². The van der Waals surface area contributed by atoms with Crippen LogP contribution in [-0.2, 0) is 11.2 Å². The van der Waals surface area contributed by atoms with Crippen molar-refractivity contribution in [2.45, 2.75) is 77.3 Å². The number of carbonyl (C=O) groups is 2. The van der Waals surface area contributed by atoms with Gasteiger partial charge in [0.2, 0.25) is 11.9 Å². The molecule has 3 fully saturated rings. The molecule has 0 spiro atoms. The number of hydrogen-bond acceptors (Lipinski definition) is 8. The highest BCUT2D eigenvalue weighted by Gasteiger charge is 2.45. The second-order valence-electron chi connectivity index (χ2n) is 15.2. The molecular formula is C40H43FN8O4. The minimum absolute atomic E-state index is 0.00509. The first-order valence-corrected chi connectivity index (χ1v) is 18.6. The molecule has 5 aromatic rings. The van der Waals surface area contributed by atoms with Crippen LogP contribution in [0, 0.1) is 18.2 Å². The number of halogens is 1. The number of H-pyrrole nitrogens is 1. The van der Waals surface area contributed by atoms with Crippen LogP contribution in [0.5, 0.6) is 0 Å². The molecule has 3 aromatic heterocycles. The number of aromatic amines is 1. The van der Waals surface area contributed by atoms with Crippen molar-refractivity contribution >= 4 is 39.6 Å². The summed E-state index contributed by atoms with van der Waals surface area (Å²) >= 11 is 0. The number of rotatable bonds is 7. The second-order valence-corrected chi connectivity index (χ2v) is 15.2. The van der Waals surface area contributed by atoms with E-state index in [1.165, 1.54) is 6.07 Å². The number of nitrogens with one attached hydrogen (secondary N) is 2. The summed E-state index contributed by atoms with van der Waals surface area (Å²) in [5.74, 6) is -0.600. The Balaban J connectivity index is 0.907. The summed E-state index contributed by atoms with van der Waals surface area (Å²) in [7, 11) is 0. The predicted octanol–water partition coefficient (Wildman–Crippen LogP) is 5.14. The molecule has 0 radical (unpaired) electrons. The smallest absolute Gasteiger partial charge is 0.272 e. The Morgan fingerprint density at radius 2 is 1.72 bits per heavy atom. The maximum Gasteiger partial charge on any atom is 0.272 e. The number of carbonyl (C=O) groups excluding carboxylic acids is 2. The third kappa shape index (κ3) is 6.57. The van der Waals surface area contributed by atoms with Gasteiger partial charge in [0.05, 0.1) is 22.1 Å². The molecule has 1 aliphatic carbocycles. The Hall–Kier alpha value is -5.46. The number of piperidine rings is 1. The van der Waals surface area contributed by atoms with Gasteiger partial charge < -0.3 is 15.1 Å². The van der Waals surface area contributed by atoms with Gasteiger partial charge >= 0.3 is 0 Å². The summed E-state index contributed by atoms with van der Waals surface area (Å²) in [4.78, 5) is 65.8. The fourth-order valence-electron chi connectivity index (χ4n) is 8.47. The highest BCUT2D eigenvalue weighted by molar-refractivity contribution is 5.96. The van der Waals surface area contributed by atoms with Crippen LogP contribution in [0.15, 0.2) is 64.3 Å². The molecular weight excluding hydrogens is 675 g/mol. The minimum atomic E-state index is -0.786. The fraction of sp³-hybridized carbons (Fsp3) is 0.425. The highest BCUT2D eigenvalue weighted by atomic mass is 19.1. The van der Waals surface area contributed by atoms with Gasteiger partial charge in [-0.2, -0.15) is 10.1 Å². The van der Waals surface area contributed by atoms with Crippen LogP contribution in [0.1, 0.15) is 85.1 Å². The Kier molecular flexibility index (Phi) is 9.03. The lowest BCUT2D eigenvalue weighted by molar-refractivity contribution is -0.141. The van der Waals surface area contributed by atoms with Crippen molar-refractivity contribution in [3.8, 4) is 0 Å². The van der Waals surface area contributed by atoms with Crippen molar-refractivity contribution in [1.29, 1.82) is 0 Å². The summed E-state index contributed by atoms with van der Waals surface area (Å²) in [6.45, 7) is 5.44. The topological polar surface area (TPSA) is 146 Å². The van der Waals surface area contributed by atoms with Gasteiger partial charge in [-0.3, -0.25) is 23.7 Å². The van der Waals surface area contributed by atoms with Crippen LogP contribution in [0.2, 0.25) is 0 Å². The standard InChI is InChI=1S/C40H43FN8O4/c1-24-19-34(50)49(27-7-3-4-8-27)35-31(24)22-42-39(44-35)43-26-13-16-47(17-14-26)38(53)40(2)15-18-48(23-40)37(52)30-20-25(11-12-32(30)41)21-33-28-9-5-6-10-29(28)36(51)46-45-33/h5-6,9-12,19-20,22,26-27H,3-4,7-8,13-18,21,23H2,1-2H3,(H,46,51)(H,42,43,44). The van der Waals surface area contributed by atoms with E-state index in [1.54, 1.807) is 41.4 Å². The van der Waals surface area contributed by atoms with E-state index in [4.69, 9.17) is 4.98 Å². The van der Waals surface area contributed by atoms with Crippen molar-refractivity contribution in [3.05, 3.63) is 104 Å². The van der Waals surface area contributed by atoms with Crippen molar-refractivity contribution in [1.82, 2.24) is 34.5 Å². The Morgan fingerprint density at radius 3 is 2.49 bits per heavy atom. The highest BCUT2D eigenvalue weighted by Crippen LogP contribution is 2.35. The number of hydrogen-bond donors (Lipinski definition) is 2. The number of aromatic nitrogens is 5. The van der Waals surface area contributed by atoms with Crippen LogP contribution in [0.3, 0.4) is 0 Å². The third-order valence-corrected chi connectivity index (χ3v) is 11.5. The number of benzene rings is 2. The molecule has 5 heterocycles. The lowest BCUT2D eigenvalue weighted by Gasteiger charge is -2.37. The van der Waals surface area contributed by atoms with E-state index in [2.05, 4.69) is 20.5 Å². The Morgan fingerprint density at radius 1 is 0.962 bits per heavy atom. The zero-order chi connectivity index (χ0) is 36.9. The van der Waals surface area contributed by atoms with Crippen LogP contribution in [0.4, 0.5) is 10.3 Å². The first kappa shape index (κ1) is 34.6. The molecule has 3 aliphatic rings. The number of amides is 2. The van der Waals surface area contributed by atoms with Gasteiger partial charge in [-0.25, -0.2) is 14.5 Å². The van der Waals surface area contributed by atoms with Crippen molar-refractivity contribution in [3.63, 3.8) is 0 Å². The molecule has 2 aliphatic heterocycles.